The van der Waals surface area contributed by atoms with Gasteiger partial charge in [0.05, 0.1) is 18.2 Å². The fourth-order valence-corrected chi connectivity index (χ4v) is 3.88. The predicted octanol–water partition coefficient (Wildman–Crippen LogP) is 2.55. The second-order valence-electron chi connectivity index (χ2n) is 7.44. The van der Waals surface area contributed by atoms with E-state index in [1.54, 1.807) is 6.20 Å². The van der Waals surface area contributed by atoms with E-state index in [-0.39, 0.29) is 18.6 Å². The van der Waals surface area contributed by atoms with Crippen molar-refractivity contribution in [3.8, 4) is 0 Å². The molecule has 1 amide bonds. The summed E-state index contributed by atoms with van der Waals surface area (Å²) in [6.45, 7) is 7.24. The Labute approximate surface area is 144 Å². The summed E-state index contributed by atoms with van der Waals surface area (Å²) in [6, 6.07) is 3.77. The summed E-state index contributed by atoms with van der Waals surface area (Å²) in [4.78, 5) is 21.5. The molecule has 0 aromatic carbocycles. The largest absolute Gasteiger partial charge is 0.394 e. The molecule has 5 nitrogen and oxygen atoms in total. The van der Waals surface area contributed by atoms with E-state index < -0.39 is 0 Å². The van der Waals surface area contributed by atoms with Crippen LogP contribution in [0.3, 0.4) is 0 Å². The molecule has 1 aromatic rings. The molecule has 1 N–H and O–H groups in total. The Morgan fingerprint density at radius 1 is 1.21 bits per heavy atom. The molecule has 5 heteroatoms. The van der Waals surface area contributed by atoms with Crippen molar-refractivity contribution in [3.05, 3.63) is 23.9 Å². The lowest BCUT2D eigenvalue weighted by Crippen LogP contribution is -2.49. The fourth-order valence-electron chi connectivity index (χ4n) is 3.88. The number of aromatic nitrogens is 1. The highest BCUT2D eigenvalue weighted by molar-refractivity contribution is 5.94. The third kappa shape index (κ3) is 3.56. The molecule has 2 aliphatic rings. The summed E-state index contributed by atoms with van der Waals surface area (Å²) in [5.74, 6) is 2.09. The van der Waals surface area contributed by atoms with Gasteiger partial charge in [-0.15, -0.1) is 0 Å². The summed E-state index contributed by atoms with van der Waals surface area (Å²) in [5, 5.41) is 9.65. The van der Waals surface area contributed by atoms with Gasteiger partial charge in [0.1, 0.15) is 5.82 Å². The summed E-state index contributed by atoms with van der Waals surface area (Å²) >= 11 is 0. The number of pyridine rings is 1. The first-order chi connectivity index (χ1) is 11.6. The monoisotopic (exact) mass is 331 g/mol. The highest BCUT2D eigenvalue weighted by Crippen LogP contribution is 2.25. The van der Waals surface area contributed by atoms with Crippen molar-refractivity contribution >= 4 is 11.7 Å². The van der Waals surface area contributed by atoms with Crippen molar-refractivity contribution in [1.82, 2.24) is 9.88 Å². The van der Waals surface area contributed by atoms with E-state index in [0.717, 1.165) is 44.2 Å². The molecular formula is C19H29N3O2. The van der Waals surface area contributed by atoms with Crippen LogP contribution in [0.2, 0.25) is 0 Å². The number of amides is 1. The number of aliphatic hydroxyl groups excluding tert-OH is 1. The third-order valence-corrected chi connectivity index (χ3v) is 5.67. The highest BCUT2D eigenvalue weighted by atomic mass is 16.3. The molecule has 2 saturated heterocycles. The van der Waals surface area contributed by atoms with E-state index >= 15 is 0 Å². The van der Waals surface area contributed by atoms with E-state index in [0.29, 0.717) is 11.5 Å². The van der Waals surface area contributed by atoms with Crippen molar-refractivity contribution < 1.29 is 9.90 Å². The molecule has 2 fully saturated rings. The van der Waals surface area contributed by atoms with E-state index in [1.807, 2.05) is 17.0 Å². The van der Waals surface area contributed by atoms with Crippen LogP contribution >= 0.6 is 0 Å². The predicted molar refractivity (Wildman–Crippen MR) is 95.2 cm³/mol. The van der Waals surface area contributed by atoms with Gasteiger partial charge in [-0.25, -0.2) is 4.98 Å². The van der Waals surface area contributed by atoms with Gasteiger partial charge in [0.2, 0.25) is 0 Å². The SMILES string of the molecule is CC1CCN(c2ccc(C(=O)N3CCCC(C)C3CO)cn2)CC1. The number of piperidine rings is 2. The van der Waals surface area contributed by atoms with Crippen LogP contribution in [0, 0.1) is 11.8 Å². The summed E-state index contributed by atoms with van der Waals surface area (Å²) in [5.41, 5.74) is 0.622. The van der Waals surface area contributed by atoms with Crippen LogP contribution in [-0.4, -0.2) is 53.2 Å². The normalized spacial score (nSPS) is 25.8. The van der Waals surface area contributed by atoms with Crippen LogP contribution in [0.25, 0.3) is 0 Å². The second kappa shape index (κ2) is 7.51. The molecule has 2 aliphatic heterocycles. The third-order valence-electron chi connectivity index (χ3n) is 5.67. The van der Waals surface area contributed by atoms with Crippen molar-refractivity contribution in [3.63, 3.8) is 0 Å². The van der Waals surface area contributed by atoms with Crippen LogP contribution in [0.15, 0.2) is 18.3 Å². The zero-order valence-electron chi connectivity index (χ0n) is 14.8. The average Bonchev–Trinajstić information content (AvgIpc) is 2.62. The van der Waals surface area contributed by atoms with Gasteiger partial charge in [-0.1, -0.05) is 13.8 Å². The first-order valence-corrected chi connectivity index (χ1v) is 9.23. The topological polar surface area (TPSA) is 56.7 Å². The maximum atomic E-state index is 12.8. The number of hydrogen-bond donors (Lipinski definition) is 1. The summed E-state index contributed by atoms with van der Waals surface area (Å²) in [6.07, 6.45) is 6.17. The lowest BCUT2D eigenvalue weighted by molar-refractivity contribution is 0.0358. The van der Waals surface area contributed by atoms with Crippen LogP contribution in [0.4, 0.5) is 5.82 Å². The van der Waals surface area contributed by atoms with E-state index in [4.69, 9.17) is 0 Å². The van der Waals surface area contributed by atoms with Gasteiger partial charge >= 0.3 is 0 Å². The van der Waals surface area contributed by atoms with Gasteiger partial charge in [-0.3, -0.25) is 4.79 Å². The molecule has 1 aromatic heterocycles. The number of aliphatic hydroxyl groups is 1. The Hall–Kier alpha value is -1.62. The van der Waals surface area contributed by atoms with Crippen LogP contribution in [0.1, 0.15) is 49.9 Å². The Balaban J connectivity index is 1.69. The zero-order chi connectivity index (χ0) is 17.1. The molecule has 3 heterocycles. The standard InChI is InChI=1S/C19H29N3O2/c1-14-7-10-21(11-8-14)18-6-5-16(12-20-18)19(24)22-9-3-4-15(2)17(22)13-23/h5-6,12,14-15,17,23H,3-4,7-11,13H2,1-2H3. The minimum Gasteiger partial charge on any atom is -0.394 e. The number of rotatable bonds is 3. The Kier molecular flexibility index (Phi) is 5.39. The smallest absolute Gasteiger partial charge is 0.255 e. The fraction of sp³-hybridized carbons (Fsp3) is 0.684. The minimum atomic E-state index is -0.0745. The summed E-state index contributed by atoms with van der Waals surface area (Å²) in [7, 11) is 0. The number of anilines is 1. The number of carbonyl (C=O) groups excluding carboxylic acids is 1. The number of nitrogens with zero attached hydrogens (tertiary/aromatic N) is 3. The molecule has 0 radical (unpaired) electrons. The van der Waals surface area contributed by atoms with E-state index in [1.165, 1.54) is 12.8 Å². The minimum absolute atomic E-state index is 0.00748. The number of hydrogen-bond acceptors (Lipinski definition) is 4. The van der Waals surface area contributed by atoms with Crippen LogP contribution in [-0.2, 0) is 0 Å². The first kappa shape index (κ1) is 17.2. The van der Waals surface area contributed by atoms with Crippen molar-refractivity contribution in [1.29, 1.82) is 0 Å². The molecule has 3 rings (SSSR count). The van der Waals surface area contributed by atoms with Gasteiger partial charge in [0.25, 0.3) is 5.91 Å². The zero-order valence-corrected chi connectivity index (χ0v) is 14.8. The highest BCUT2D eigenvalue weighted by Gasteiger charge is 2.32. The molecule has 132 valence electrons. The maximum Gasteiger partial charge on any atom is 0.255 e. The maximum absolute atomic E-state index is 12.8. The van der Waals surface area contributed by atoms with Crippen LogP contribution in [0.5, 0.6) is 0 Å². The Morgan fingerprint density at radius 3 is 2.58 bits per heavy atom. The Morgan fingerprint density at radius 2 is 1.96 bits per heavy atom. The molecule has 0 spiro atoms. The molecule has 0 saturated carbocycles. The quantitative estimate of drug-likeness (QED) is 0.925. The average molecular weight is 331 g/mol. The van der Waals surface area contributed by atoms with Gasteiger partial charge in [0.15, 0.2) is 0 Å². The van der Waals surface area contributed by atoms with E-state index in [2.05, 4.69) is 23.7 Å². The number of carbonyl (C=O) groups is 1. The first-order valence-electron chi connectivity index (χ1n) is 9.23. The number of likely N-dealkylation sites (tertiary alicyclic amines) is 1. The molecule has 0 aliphatic carbocycles. The summed E-state index contributed by atoms with van der Waals surface area (Å²) < 4.78 is 0. The van der Waals surface area contributed by atoms with Gasteiger partial charge in [-0.2, -0.15) is 0 Å². The lowest BCUT2D eigenvalue weighted by Gasteiger charge is -2.39. The second-order valence-corrected chi connectivity index (χ2v) is 7.44. The molecule has 24 heavy (non-hydrogen) atoms. The molecule has 2 unspecified atom stereocenters. The molecule has 0 bridgehead atoms. The van der Waals surface area contributed by atoms with Gasteiger partial charge < -0.3 is 14.9 Å². The molecule has 2 atom stereocenters. The van der Waals surface area contributed by atoms with E-state index in [9.17, 15) is 9.90 Å². The van der Waals surface area contributed by atoms with Crippen molar-refractivity contribution in [2.24, 2.45) is 11.8 Å². The molecular weight excluding hydrogens is 302 g/mol. The van der Waals surface area contributed by atoms with Crippen molar-refractivity contribution in [2.45, 2.75) is 45.6 Å². The Bertz CT molecular complexity index is 552. The van der Waals surface area contributed by atoms with Gasteiger partial charge in [-0.05, 0) is 49.7 Å². The van der Waals surface area contributed by atoms with Crippen LogP contribution < -0.4 is 4.90 Å². The van der Waals surface area contributed by atoms with Crippen molar-refractivity contribution in [2.75, 3.05) is 31.1 Å². The lowest BCUT2D eigenvalue weighted by atomic mass is 9.91. The van der Waals surface area contributed by atoms with Gasteiger partial charge in [0, 0.05) is 25.8 Å².